The fourth-order valence-electron chi connectivity index (χ4n) is 3.70. The Morgan fingerprint density at radius 2 is 2.03 bits per heavy atom. The van der Waals surface area contributed by atoms with Crippen LogP contribution in [-0.2, 0) is 29.1 Å². The lowest BCUT2D eigenvalue weighted by Crippen LogP contribution is -2.37. The number of halogens is 1. The fourth-order valence-corrected chi connectivity index (χ4v) is 4.16. The van der Waals surface area contributed by atoms with Gasteiger partial charge >= 0.3 is 6.09 Å². The number of carbonyl (C=O) groups excluding carboxylic acids is 2. The van der Waals surface area contributed by atoms with Gasteiger partial charge in [0, 0.05) is 35.8 Å². The molecule has 1 unspecified atom stereocenters. The fraction of sp³-hybridized carbons (Fsp3) is 0.333. The summed E-state index contributed by atoms with van der Waals surface area (Å²) in [7, 11) is 1.48. The maximum Gasteiger partial charge on any atom is 0.415 e. The predicted octanol–water partition coefficient (Wildman–Crippen LogP) is 3.07. The molecular formula is C21H23FN4O4S. The minimum Gasteiger partial charge on any atom is -0.410 e. The number of rotatable bonds is 6. The predicted molar refractivity (Wildman–Crippen MR) is 115 cm³/mol. The van der Waals surface area contributed by atoms with E-state index in [2.05, 4.69) is 9.44 Å². The van der Waals surface area contributed by atoms with Crippen LogP contribution in [0.5, 0.6) is 5.75 Å². The Morgan fingerprint density at radius 1 is 1.19 bits per heavy atom. The van der Waals surface area contributed by atoms with Crippen molar-refractivity contribution in [1.29, 1.82) is 0 Å². The summed E-state index contributed by atoms with van der Waals surface area (Å²) in [5, 5.41) is 0. The topological polar surface area (TPSA) is 91.0 Å². The van der Waals surface area contributed by atoms with E-state index < -0.39 is 23.1 Å². The molecule has 10 heteroatoms. The molecule has 0 radical (unpaired) electrons. The van der Waals surface area contributed by atoms with Crippen LogP contribution in [0.2, 0.25) is 0 Å². The zero-order chi connectivity index (χ0) is 22.0. The lowest BCUT2D eigenvalue weighted by molar-refractivity contribution is -0.119. The van der Waals surface area contributed by atoms with E-state index in [9.17, 15) is 18.2 Å². The molecule has 164 valence electrons. The number of fused-ring (bicyclic) bond motifs is 1. The van der Waals surface area contributed by atoms with E-state index in [1.54, 1.807) is 23.1 Å². The molecule has 31 heavy (non-hydrogen) atoms. The Bertz CT molecular complexity index is 1050. The van der Waals surface area contributed by atoms with Gasteiger partial charge in [0.1, 0.15) is 5.75 Å². The second kappa shape index (κ2) is 9.03. The second-order valence-electron chi connectivity index (χ2n) is 7.37. The number of nitrogens with one attached hydrogen (secondary N) is 2. The molecule has 2 aliphatic rings. The van der Waals surface area contributed by atoms with Crippen LogP contribution in [0.1, 0.15) is 30.4 Å². The van der Waals surface area contributed by atoms with Gasteiger partial charge in [-0.15, -0.1) is 0 Å². The molecule has 8 nitrogen and oxygen atoms in total. The third-order valence-electron chi connectivity index (χ3n) is 5.33. The SMILES string of the molecule is CNS(=O)Nc1cccc(CN2Cc3ccc(N4CCCCC4=O)cc3OC2=O)c1F. The van der Waals surface area contributed by atoms with Gasteiger partial charge in [-0.05, 0) is 32.0 Å². The first-order valence-corrected chi connectivity index (χ1v) is 11.1. The molecule has 2 heterocycles. The number of carbonyl (C=O) groups is 2. The summed E-state index contributed by atoms with van der Waals surface area (Å²) in [5.74, 6) is -0.0979. The molecular weight excluding hydrogens is 423 g/mol. The van der Waals surface area contributed by atoms with Gasteiger partial charge in [0.25, 0.3) is 0 Å². The van der Waals surface area contributed by atoms with Crippen molar-refractivity contribution in [2.24, 2.45) is 0 Å². The van der Waals surface area contributed by atoms with Gasteiger partial charge in [0.15, 0.2) is 17.0 Å². The third-order valence-corrected chi connectivity index (χ3v) is 6.11. The summed E-state index contributed by atoms with van der Waals surface area (Å²) in [4.78, 5) is 27.8. The van der Waals surface area contributed by atoms with Crippen LogP contribution in [0, 0.1) is 5.82 Å². The Hall–Kier alpha value is -2.98. The molecule has 2 aromatic rings. The molecule has 0 spiro atoms. The van der Waals surface area contributed by atoms with E-state index in [-0.39, 0.29) is 30.2 Å². The van der Waals surface area contributed by atoms with Gasteiger partial charge in [-0.2, -0.15) is 0 Å². The summed E-state index contributed by atoms with van der Waals surface area (Å²) < 4.78 is 36.9. The van der Waals surface area contributed by atoms with Crippen LogP contribution in [0.3, 0.4) is 0 Å². The van der Waals surface area contributed by atoms with Gasteiger partial charge in [0.2, 0.25) is 5.91 Å². The number of nitrogens with zero attached hydrogens (tertiary/aromatic N) is 2. The average molecular weight is 447 g/mol. The first kappa shape index (κ1) is 21.3. The molecule has 2 amide bonds. The molecule has 0 aliphatic carbocycles. The van der Waals surface area contributed by atoms with Crippen molar-refractivity contribution in [3.63, 3.8) is 0 Å². The van der Waals surface area contributed by atoms with Gasteiger partial charge in [-0.1, -0.05) is 18.2 Å². The van der Waals surface area contributed by atoms with Gasteiger partial charge in [-0.3, -0.25) is 14.4 Å². The number of ether oxygens (including phenoxy) is 1. The monoisotopic (exact) mass is 446 g/mol. The molecule has 0 aromatic heterocycles. The van der Waals surface area contributed by atoms with Crippen molar-refractivity contribution in [2.75, 3.05) is 23.2 Å². The van der Waals surface area contributed by atoms with Crippen molar-refractivity contribution in [2.45, 2.75) is 32.4 Å². The van der Waals surface area contributed by atoms with Gasteiger partial charge in [0.05, 0.1) is 18.8 Å². The van der Waals surface area contributed by atoms with E-state index in [0.29, 0.717) is 24.4 Å². The average Bonchev–Trinajstić information content (AvgIpc) is 2.77. The number of anilines is 2. The lowest BCUT2D eigenvalue weighted by Gasteiger charge is -2.31. The summed E-state index contributed by atoms with van der Waals surface area (Å²) in [6.07, 6.45) is 1.76. The molecule has 2 aliphatic heterocycles. The lowest BCUT2D eigenvalue weighted by atomic mass is 10.1. The quantitative estimate of drug-likeness (QED) is 0.714. The van der Waals surface area contributed by atoms with Crippen LogP contribution >= 0.6 is 0 Å². The Morgan fingerprint density at radius 3 is 2.81 bits per heavy atom. The summed E-state index contributed by atoms with van der Waals surface area (Å²) in [6, 6.07) is 10.1. The van der Waals surface area contributed by atoms with E-state index in [1.165, 1.54) is 18.0 Å². The van der Waals surface area contributed by atoms with Crippen LogP contribution in [0.4, 0.5) is 20.6 Å². The van der Waals surface area contributed by atoms with Gasteiger partial charge < -0.3 is 9.64 Å². The van der Waals surface area contributed by atoms with Crippen LogP contribution in [0.25, 0.3) is 0 Å². The largest absolute Gasteiger partial charge is 0.415 e. The van der Waals surface area contributed by atoms with Crippen molar-refractivity contribution in [1.82, 2.24) is 9.62 Å². The Balaban J connectivity index is 1.51. The first-order chi connectivity index (χ1) is 15.0. The highest BCUT2D eigenvalue weighted by Gasteiger charge is 2.28. The molecule has 1 atom stereocenters. The molecule has 0 saturated carbocycles. The number of piperidine rings is 1. The van der Waals surface area contributed by atoms with E-state index in [0.717, 1.165) is 18.4 Å². The highest BCUT2D eigenvalue weighted by molar-refractivity contribution is 7.84. The van der Waals surface area contributed by atoms with Crippen LogP contribution < -0.4 is 19.1 Å². The minimum absolute atomic E-state index is 0.00181. The summed E-state index contributed by atoms with van der Waals surface area (Å²) >= 11 is -1.62. The second-order valence-corrected chi connectivity index (χ2v) is 8.52. The molecule has 1 saturated heterocycles. The van der Waals surface area contributed by atoms with Crippen LogP contribution in [-0.4, -0.2) is 34.7 Å². The van der Waals surface area contributed by atoms with Crippen LogP contribution in [0.15, 0.2) is 36.4 Å². The summed E-state index contributed by atoms with van der Waals surface area (Å²) in [5.41, 5.74) is 1.84. The number of benzene rings is 2. The highest BCUT2D eigenvalue weighted by Crippen LogP contribution is 2.33. The maximum absolute atomic E-state index is 14.8. The van der Waals surface area contributed by atoms with Crippen molar-refractivity contribution >= 4 is 34.5 Å². The molecule has 2 N–H and O–H groups in total. The van der Waals surface area contributed by atoms with E-state index >= 15 is 0 Å². The van der Waals surface area contributed by atoms with Crippen molar-refractivity contribution in [3.05, 3.63) is 53.3 Å². The number of hydrogen-bond donors (Lipinski definition) is 2. The normalized spacial score (nSPS) is 17.2. The van der Waals surface area contributed by atoms with Gasteiger partial charge in [-0.25, -0.2) is 18.1 Å². The highest BCUT2D eigenvalue weighted by atomic mass is 32.2. The Labute approximate surface area is 182 Å². The Kier molecular flexibility index (Phi) is 6.19. The molecule has 2 aromatic carbocycles. The van der Waals surface area contributed by atoms with E-state index in [1.807, 2.05) is 12.1 Å². The zero-order valence-corrected chi connectivity index (χ0v) is 17.8. The molecule has 4 rings (SSSR count). The summed E-state index contributed by atoms with van der Waals surface area (Å²) in [6.45, 7) is 0.903. The maximum atomic E-state index is 14.8. The molecule has 0 bridgehead atoms. The zero-order valence-electron chi connectivity index (χ0n) is 17.0. The van der Waals surface area contributed by atoms with Crippen molar-refractivity contribution < 1.29 is 22.9 Å². The van der Waals surface area contributed by atoms with E-state index in [4.69, 9.17) is 4.74 Å². The minimum atomic E-state index is -1.62. The first-order valence-electron chi connectivity index (χ1n) is 9.99. The number of amides is 2. The standard InChI is InChI=1S/C21H23FN4O4S/c1-23-31(29)24-17-6-4-5-15(20(17)22)13-25-12-14-8-9-16(11-18(14)30-21(25)28)26-10-3-2-7-19(26)27/h4-6,8-9,11,23-24H,2-3,7,10,12-13H2,1H3. The molecule has 1 fully saturated rings. The number of hydrogen-bond acceptors (Lipinski definition) is 4. The van der Waals surface area contributed by atoms with Crippen molar-refractivity contribution in [3.8, 4) is 5.75 Å². The smallest absolute Gasteiger partial charge is 0.410 e. The third kappa shape index (κ3) is 4.54.